The molecule has 1 aliphatic rings. The van der Waals surface area contributed by atoms with Crippen molar-refractivity contribution in [2.75, 3.05) is 13.2 Å². The third-order valence-electron chi connectivity index (χ3n) is 1.55. The molecule has 0 bridgehead atoms. The molecule has 0 saturated carbocycles. The molecule has 0 spiro atoms. The lowest BCUT2D eigenvalue weighted by molar-refractivity contribution is 0.285. The maximum atomic E-state index is 8.44. The lowest BCUT2D eigenvalue weighted by atomic mass is 10.2. The third-order valence-corrected chi connectivity index (χ3v) is 1.55. The van der Waals surface area contributed by atoms with Gasteiger partial charge in [-0.05, 0) is 12.8 Å². The fraction of sp³-hybridized carbons (Fsp3) is 0.714. The normalized spacial score (nSPS) is 19.2. The van der Waals surface area contributed by atoms with E-state index in [1.54, 1.807) is 0 Å². The zero-order valence-electron chi connectivity index (χ0n) is 5.51. The van der Waals surface area contributed by atoms with Gasteiger partial charge in [0.2, 0.25) is 0 Å². The highest BCUT2D eigenvalue weighted by atomic mass is 16.3. The molecule has 0 radical (unpaired) electrons. The number of hydrogen-bond acceptors (Lipinski definition) is 2. The van der Waals surface area contributed by atoms with Crippen LogP contribution in [-0.2, 0) is 0 Å². The lowest BCUT2D eigenvalue weighted by Crippen LogP contribution is -2.28. The summed E-state index contributed by atoms with van der Waals surface area (Å²) in [5.41, 5.74) is 0. The summed E-state index contributed by atoms with van der Waals surface area (Å²) in [7, 11) is 0. The Balaban J connectivity index is 2.01. The summed E-state index contributed by atoms with van der Waals surface area (Å²) in [4.78, 5) is 0. The highest BCUT2D eigenvalue weighted by molar-refractivity contribution is 4.97. The zero-order chi connectivity index (χ0) is 6.53. The van der Waals surface area contributed by atoms with E-state index in [1.807, 2.05) is 0 Å². The molecule has 2 nitrogen and oxygen atoms in total. The molecule has 52 valence electrons. The van der Waals surface area contributed by atoms with E-state index < -0.39 is 0 Å². The molecule has 0 aliphatic heterocycles. The molecule has 0 fully saturated rings. The second-order valence-corrected chi connectivity index (χ2v) is 2.32. The molecule has 0 unspecified atom stereocenters. The topological polar surface area (TPSA) is 32.3 Å². The van der Waals surface area contributed by atoms with E-state index >= 15 is 0 Å². The minimum absolute atomic E-state index is 0.247. The lowest BCUT2D eigenvalue weighted by Gasteiger charge is -2.08. The average Bonchev–Trinajstić information content (AvgIpc) is 2.34. The fourth-order valence-electron chi connectivity index (χ4n) is 1.05. The smallest absolute Gasteiger partial charge is 0.0556 e. The van der Waals surface area contributed by atoms with E-state index in [9.17, 15) is 0 Å². The minimum Gasteiger partial charge on any atom is -0.395 e. The highest BCUT2D eigenvalue weighted by Gasteiger charge is 2.06. The first-order valence-corrected chi connectivity index (χ1v) is 3.42. The molecular weight excluding hydrogens is 114 g/mol. The van der Waals surface area contributed by atoms with Crippen molar-refractivity contribution in [2.24, 2.45) is 0 Å². The van der Waals surface area contributed by atoms with Gasteiger partial charge < -0.3 is 10.4 Å². The van der Waals surface area contributed by atoms with E-state index in [1.165, 1.54) is 0 Å². The number of aliphatic hydroxyl groups excluding tert-OH is 1. The van der Waals surface area contributed by atoms with Gasteiger partial charge in [0, 0.05) is 12.6 Å². The van der Waals surface area contributed by atoms with Crippen LogP contribution in [0.3, 0.4) is 0 Å². The average molecular weight is 127 g/mol. The number of nitrogens with one attached hydrogen (secondary N) is 1. The second kappa shape index (κ2) is 3.64. The predicted octanol–water partition coefficient (Wildman–Crippen LogP) is 0.287. The first kappa shape index (κ1) is 6.78. The minimum atomic E-state index is 0.247. The van der Waals surface area contributed by atoms with Crippen LogP contribution >= 0.6 is 0 Å². The Morgan fingerprint density at radius 2 is 2.11 bits per heavy atom. The van der Waals surface area contributed by atoms with Crippen LogP contribution in [-0.4, -0.2) is 24.3 Å². The van der Waals surface area contributed by atoms with E-state index in [0.29, 0.717) is 6.04 Å². The van der Waals surface area contributed by atoms with Gasteiger partial charge in [-0.1, -0.05) is 12.2 Å². The Bertz CT molecular complexity index is 93.1. The van der Waals surface area contributed by atoms with Crippen LogP contribution < -0.4 is 5.32 Å². The summed E-state index contributed by atoms with van der Waals surface area (Å²) >= 11 is 0. The summed E-state index contributed by atoms with van der Waals surface area (Å²) in [5.74, 6) is 0. The van der Waals surface area contributed by atoms with Crippen molar-refractivity contribution in [3.63, 3.8) is 0 Å². The second-order valence-electron chi connectivity index (χ2n) is 2.32. The van der Waals surface area contributed by atoms with Crippen LogP contribution in [0, 0.1) is 0 Å². The Morgan fingerprint density at radius 3 is 2.67 bits per heavy atom. The highest BCUT2D eigenvalue weighted by Crippen LogP contribution is 2.07. The Kier molecular flexibility index (Phi) is 2.74. The Morgan fingerprint density at radius 1 is 1.44 bits per heavy atom. The van der Waals surface area contributed by atoms with Gasteiger partial charge >= 0.3 is 0 Å². The Hall–Kier alpha value is -0.340. The molecule has 1 rings (SSSR count). The fourth-order valence-corrected chi connectivity index (χ4v) is 1.05. The summed E-state index contributed by atoms with van der Waals surface area (Å²) in [6.07, 6.45) is 6.60. The molecule has 2 heteroatoms. The molecule has 0 amide bonds. The quantitative estimate of drug-likeness (QED) is 0.534. The third kappa shape index (κ3) is 2.16. The molecule has 0 atom stereocenters. The van der Waals surface area contributed by atoms with Gasteiger partial charge in [-0.15, -0.1) is 0 Å². The summed E-state index contributed by atoms with van der Waals surface area (Å²) < 4.78 is 0. The maximum absolute atomic E-state index is 8.44. The molecule has 0 aromatic rings. The monoisotopic (exact) mass is 127 g/mol. The maximum Gasteiger partial charge on any atom is 0.0556 e. The summed E-state index contributed by atoms with van der Waals surface area (Å²) in [6, 6.07) is 0.595. The van der Waals surface area contributed by atoms with Crippen LogP contribution in [0.25, 0.3) is 0 Å². The van der Waals surface area contributed by atoms with Crippen molar-refractivity contribution < 1.29 is 5.11 Å². The summed E-state index contributed by atoms with van der Waals surface area (Å²) in [5, 5.41) is 11.7. The first-order valence-electron chi connectivity index (χ1n) is 3.42. The van der Waals surface area contributed by atoms with E-state index in [4.69, 9.17) is 5.11 Å². The molecule has 0 heterocycles. The van der Waals surface area contributed by atoms with Gasteiger partial charge in [0.05, 0.1) is 6.61 Å². The molecule has 0 saturated heterocycles. The largest absolute Gasteiger partial charge is 0.395 e. The number of hydrogen-bond donors (Lipinski definition) is 2. The van der Waals surface area contributed by atoms with Crippen LogP contribution in [0.5, 0.6) is 0 Å². The van der Waals surface area contributed by atoms with Gasteiger partial charge in [-0.3, -0.25) is 0 Å². The van der Waals surface area contributed by atoms with Crippen molar-refractivity contribution in [1.29, 1.82) is 0 Å². The SMILES string of the molecule is OCCNC1CC=CC1. The van der Waals surface area contributed by atoms with Crippen LogP contribution in [0.4, 0.5) is 0 Å². The summed E-state index contributed by atoms with van der Waals surface area (Å²) in [6.45, 7) is 0.975. The van der Waals surface area contributed by atoms with E-state index in [-0.39, 0.29) is 6.61 Å². The molecule has 2 N–H and O–H groups in total. The molecule has 1 aliphatic carbocycles. The molecule has 0 aromatic heterocycles. The zero-order valence-corrected chi connectivity index (χ0v) is 5.51. The van der Waals surface area contributed by atoms with Crippen molar-refractivity contribution in [2.45, 2.75) is 18.9 Å². The van der Waals surface area contributed by atoms with Crippen LogP contribution in [0.15, 0.2) is 12.2 Å². The predicted molar refractivity (Wildman–Crippen MR) is 37.3 cm³/mol. The van der Waals surface area contributed by atoms with Crippen molar-refractivity contribution in [1.82, 2.24) is 5.32 Å². The van der Waals surface area contributed by atoms with Crippen molar-refractivity contribution in [3.8, 4) is 0 Å². The first-order chi connectivity index (χ1) is 4.43. The van der Waals surface area contributed by atoms with Gasteiger partial charge in [-0.25, -0.2) is 0 Å². The van der Waals surface area contributed by atoms with Crippen molar-refractivity contribution >= 4 is 0 Å². The van der Waals surface area contributed by atoms with E-state index in [0.717, 1.165) is 19.4 Å². The van der Waals surface area contributed by atoms with Crippen LogP contribution in [0.1, 0.15) is 12.8 Å². The molecule has 9 heavy (non-hydrogen) atoms. The van der Waals surface area contributed by atoms with Gasteiger partial charge in [0.15, 0.2) is 0 Å². The Labute approximate surface area is 55.6 Å². The number of aliphatic hydroxyl groups is 1. The van der Waals surface area contributed by atoms with Crippen LogP contribution in [0.2, 0.25) is 0 Å². The number of rotatable bonds is 3. The standard InChI is InChI=1S/C7H13NO/c9-6-5-8-7-3-1-2-4-7/h1-2,7-9H,3-6H2. The van der Waals surface area contributed by atoms with E-state index in [2.05, 4.69) is 17.5 Å². The molecular formula is C7H13NO. The van der Waals surface area contributed by atoms with Gasteiger partial charge in [0.25, 0.3) is 0 Å². The van der Waals surface area contributed by atoms with Gasteiger partial charge in [0.1, 0.15) is 0 Å². The molecule has 0 aromatic carbocycles. The van der Waals surface area contributed by atoms with Gasteiger partial charge in [-0.2, -0.15) is 0 Å². The van der Waals surface area contributed by atoms with Crippen molar-refractivity contribution in [3.05, 3.63) is 12.2 Å².